The predicted octanol–water partition coefficient (Wildman–Crippen LogP) is 3.90. The zero-order valence-electron chi connectivity index (χ0n) is 18.7. The van der Waals surface area contributed by atoms with Crippen LogP contribution in [0.15, 0.2) is 36.4 Å². The van der Waals surface area contributed by atoms with Gasteiger partial charge in [-0.3, -0.25) is 4.90 Å². The smallest absolute Gasteiger partial charge is 0.173 e. The molecule has 2 aromatic rings. The molecule has 1 aliphatic heterocycles. The molecular formula is C23H30ClN3O4S. The number of halogens is 1. The molecule has 3 rings (SSSR count). The summed E-state index contributed by atoms with van der Waals surface area (Å²) in [6.45, 7) is 5.64. The summed E-state index contributed by atoms with van der Waals surface area (Å²) in [4.78, 5) is 4.52. The highest BCUT2D eigenvalue weighted by atomic mass is 35.5. The average Bonchev–Trinajstić information content (AvgIpc) is 2.83. The van der Waals surface area contributed by atoms with E-state index in [0.29, 0.717) is 33.9 Å². The Kier molecular flexibility index (Phi) is 9.23. The first kappa shape index (κ1) is 24.4. The van der Waals surface area contributed by atoms with Gasteiger partial charge in [-0.25, -0.2) is 0 Å². The van der Waals surface area contributed by atoms with E-state index in [1.165, 1.54) is 0 Å². The maximum atomic E-state index is 6.10. The van der Waals surface area contributed by atoms with E-state index in [1.54, 1.807) is 33.5 Å². The number of morpholine rings is 1. The van der Waals surface area contributed by atoms with Crippen LogP contribution < -0.4 is 19.5 Å². The third-order valence-electron chi connectivity index (χ3n) is 5.30. The molecule has 0 aliphatic carbocycles. The highest BCUT2D eigenvalue weighted by Crippen LogP contribution is 2.30. The molecule has 0 unspecified atom stereocenters. The molecular weight excluding hydrogens is 450 g/mol. The Balaban J connectivity index is 1.77. The molecule has 0 amide bonds. The van der Waals surface area contributed by atoms with Gasteiger partial charge in [0.2, 0.25) is 0 Å². The Morgan fingerprint density at radius 3 is 2.44 bits per heavy atom. The van der Waals surface area contributed by atoms with E-state index >= 15 is 0 Å². The second-order valence-electron chi connectivity index (χ2n) is 7.34. The van der Waals surface area contributed by atoms with E-state index in [1.807, 2.05) is 24.3 Å². The summed E-state index contributed by atoms with van der Waals surface area (Å²) in [7, 11) is 4.88. The fraction of sp³-hybridized carbons (Fsp3) is 0.435. The van der Waals surface area contributed by atoms with Crippen molar-refractivity contribution in [3.05, 3.63) is 47.0 Å². The van der Waals surface area contributed by atoms with Crippen molar-refractivity contribution in [2.45, 2.75) is 6.54 Å². The number of anilines is 1. The van der Waals surface area contributed by atoms with E-state index in [4.69, 9.17) is 42.8 Å². The molecule has 1 aliphatic rings. The first-order valence-electron chi connectivity index (χ1n) is 10.4. The van der Waals surface area contributed by atoms with Crippen LogP contribution in [0.2, 0.25) is 5.02 Å². The van der Waals surface area contributed by atoms with E-state index in [0.717, 1.165) is 50.6 Å². The van der Waals surface area contributed by atoms with Gasteiger partial charge in [-0.15, -0.1) is 0 Å². The van der Waals surface area contributed by atoms with E-state index in [2.05, 4.69) is 15.1 Å². The van der Waals surface area contributed by atoms with Gasteiger partial charge in [0, 0.05) is 43.8 Å². The largest absolute Gasteiger partial charge is 0.495 e. The van der Waals surface area contributed by atoms with Crippen LogP contribution in [-0.2, 0) is 11.3 Å². The van der Waals surface area contributed by atoms with Crippen molar-refractivity contribution >= 4 is 34.6 Å². The van der Waals surface area contributed by atoms with Gasteiger partial charge < -0.3 is 29.2 Å². The van der Waals surface area contributed by atoms with Crippen LogP contribution in [0.1, 0.15) is 5.56 Å². The highest BCUT2D eigenvalue weighted by Gasteiger charge is 2.17. The third-order valence-corrected chi connectivity index (χ3v) is 5.90. The van der Waals surface area contributed by atoms with Gasteiger partial charge in [-0.2, -0.15) is 0 Å². The fourth-order valence-corrected chi connectivity index (χ4v) is 3.93. The lowest BCUT2D eigenvalue weighted by atomic mass is 10.2. The van der Waals surface area contributed by atoms with E-state index < -0.39 is 0 Å². The molecule has 1 heterocycles. The molecule has 0 radical (unpaired) electrons. The number of benzene rings is 2. The van der Waals surface area contributed by atoms with Crippen molar-refractivity contribution < 1.29 is 18.9 Å². The van der Waals surface area contributed by atoms with Crippen LogP contribution in [0, 0.1) is 0 Å². The standard InChI is InChI=1S/C23H30ClN3O4S/c1-28-20-7-4-17(14-22(20)30-3)16-27(9-8-26-10-12-31-13-11-26)23(32)25-19-6-5-18(24)15-21(19)29-2/h4-7,14-15H,8-13,16H2,1-3H3,(H,25,32). The topological polar surface area (TPSA) is 55.4 Å². The van der Waals surface area contributed by atoms with Crippen LogP contribution in [0.3, 0.4) is 0 Å². The van der Waals surface area contributed by atoms with E-state index in [9.17, 15) is 0 Å². The van der Waals surface area contributed by atoms with Crippen LogP contribution in [0.5, 0.6) is 17.2 Å². The zero-order chi connectivity index (χ0) is 22.9. The molecule has 32 heavy (non-hydrogen) atoms. The summed E-state index contributed by atoms with van der Waals surface area (Å²) in [5.74, 6) is 2.03. The van der Waals surface area contributed by atoms with Gasteiger partial charge in [0.15, 0.2) is 16.6 Å². The van der Waals surface area contributed by atoms with E-state index in [-0.39, 0.29) is 0 Å². The summed E-state index contributed by atoms with van der Waals surface area (Å²) in [5.41, 5.74) is 1.84. The Labute approximate surface area is 200 Å². The molecule has 7 nitrogen and oxygen atoms in total. The Hall–Kier alpha value is -2.26. The molecule has 1 N–H and O–H groups in total. The number of nitrogens with one attached hydrogen (secondary N) is 1. The molecule has 0 aromatic heterocycles. The summed E-state index contributed by atoms with van der Waals surface area (Å²) in [6, 6.07) is 11.3. The molecule has 0 atom stereocenters. The Bertz CT molecular complexity index is 909. The lowest BCUT2D eigenvalue weighted by Gasteiger charge is -2.31. The fourth-order valence-electron chi connectivity index (χ4n) is 3.50. The highest BCUT2D eigenvalue weighted by molar-refractivity contribution is 7.80. The number of methoxy groups -OCH3 is 3. The van der Waals surface area contributed by atoms with Crippen LogP contribution in [-0.4, -0.2) is 75.6 Å². The third kappa shape index (κ3) is 6.62. The minimum atomic E-state index is 0.604. The molecule has 0 bridgehead atoms. The monoisotopic (exact) mass is 479 g/mol. The van der Waals surface area contributed by atoms with Crippen molar-refractivity contribution in [3.8, 4) is 17.2 Å². The molecule has 1 fully saturated rings. The van der Waals surface area contributed by atoms with Gasteiger partial charge in [0.25, 0.3) is 0 Å². The number of hydrogen-bond donors (Lipinski definition) is 1. The molecule has 1 saturated heterocycles. The van der Waals surface area contributed by atoms with Crippen molar-refractivity contribution in [2.75, 3.05) is 66.0 Å². The number of hydrogen-bond acceptors (Lipinski definition) is 6. The normalized spacial score (nSPS) is 14.0. The van der Waals surface area contributed by atoms with Crippen LogP contribution in [0.25, 0.3) is 0 Å². The average molecular weight is 480 g/mol. The van der Waals surface area contributed by atoms with Gasteiger partial charge in [-0.1, -0.05) is 17.7 Å². The van der Waals surface area contributed by atoms with Crippen LogP contribution in [0.4, 0.5) is 5.69 Å². The maximum absolute atomic E-state index is 6.10. The maximum Gasteiger partial charge on any atom is 0.173 e. The van der Waals surface area contributed by atoms with Gasteiger partial charge in [0.05, 0.1) is 40.2 Å². The molecule has 0 spiro atoms. The Morgan fingerprint density at radius 1 is 1.03 bits per heavy atom. The molecule has 174 valence electrons. The number of ether oxygens (including phenoxy) is 4. The first-order valence-corrected chi connectivity index (χ1v) is 11.2. The second kappa shape index (κ2) is 12.1. The molecule has 2 aromatic carbocycles. The van der Waals surface area contributed by atoms with Crippen molar-refractivity contribution in [2.24, 2.45) is 0 Å². The number of nitrogens with zero attached hydrogens (tertiary/aromatic N) is 2. The predicted molar refractivity (Wildman–Crippen MR) is 131 cm³/mol. The van der Waals surface area contributed by atoms with Crippen molar-refractivity contribution in [1.29, 1.82) is 0 Å². The van der Waals surface area contributed by atoms with Gasteiger partial charge >= 0.3 is 0 Å². The van der Waals surface area contributed by atoms with Crippen molar-refractivity contribution in [3.63, 3.8) is 0 Å². The van der Waals surface area contributed by atoms with Gasteiger partial charge in [-0.05, 0) is 42.0 Å². The molecule has 0 saturated carbocycles. The van der Waals surface area contributed by atoms with Crippen LogP contribution >= 0.6 is 23.8 Å². The SMILES string of the molecule is COc1cc(Cl)ccc1NC(=S)N(CCN1CCOCC1)Cc1ccc(OC)c(OC)c1. The molecule has 9 heteroatoms. The van der Waals surface area contributed by atoms with Gasteiger partial charge in [0.1, 0.15) is 5.75 Å². The number of rotatable bonds is 9. The number of thiocarbonyl (C=S) groups is 1. The Morgan fingerprint density at radius 2 is 1.75 bits per heavy atom. The summed E-state index contributed by atoms with van der Waals surface area (Å²) in [5, 5.41) is 4.53. The zero-order valence-corrected chi connectivity index (χ0v) is 20.3. The lowest BCUT2D eigenvalue weighted by molar-refractivity contribution is 0.0358. The lowest BCUT2D eigenvalue weighted by Crippen LogP contribution is -2.44. The second-order valence-corrected chi connectivity index (χ2v) is 8.16. The minimum absolute atomic E-state index is 0.604. The van der Waals surface area contributed by atoms with Crippen molar-refractivity contribution in [1.82, 2.24) is 9.80 Å². The first-order chi connectivity index (χ1) is 15.5. The summed E-state index contributed by atoms with van der Waals surface area (Å²) in [6.07, 6.45) is 0. The summed E-state index contributed by atoms with van der Waals surface area (Å²) < 4.78 is 21.8. The minimum Gasteiger partial charge on any atom is -0.495 e. The summed E-state index contributed by atoms with van der Waals surface area (Å²) >= 11 is 11.9. The quantitative estimate of drug-likeness (QED) is 0.543.